The molecule has 0 aliphatic rings. The van der Waals surface area contributed by atoms with Crippen LogP contribution in [0.4, 0.5) is 5.82 Å². The predicted octanol–water partition coefficient (Wildman–Crippen LogP) is 4.35. The second kappa shape index (κ2) is 6.20. The van der Waals surface area contributed by atoms with Crippen LogP contribution in [0.25, 0.3) is 22.1 Å². The Morgan fingerprint density at radius 1 is 1.19 bits per heavy atom. The first-order valence-corrected chi connectivity index (χ1v) is 7.76. The summed E-state index contributed by atoms with van der Waals surface area (Å²) in [6, 6.07) is 12.0. The van der Waals surface area contributed by atoms with Gasteiger partial charge in [-0.2, -0.15) is 0 Å². The van der Waals surface area contributed by atoms with Crippen LogP contribution in [0.5, 0.6) is 0 Å². The van der Waals surface area contributed by atoms with Gasteiger partial charge in [0, 0.05) is 18.2 Å². The average molecular weight is 317 g/mol. The molecule has 0 fully saturated rings. The van der Waals surface area contributed by atoms with E-state index in [1.54, 1.807) is 6.20 Å². The Labute approximate surface area is 131 Å². The zero-order chi connectivity index (χ0) is 14.7. The summed E-state index contributed by atoms with van der Waals surface area (Å²) in [5, 5.41) is 3.95. The quantitative estimate of drug-likeness (QED) is 0.777. The Kier molecular flexibility index (Phi) is 4.13. The van der Waals surface area contributed by atoms with E-state index in [9.17, 15) is 0 Å². The van der Waals surface area contributed by atoms with Gasteiger partial charge in [0.15, 0.2) is 10.8 Å². The minimum atomic E-state index is 0.587. The number of nitrogens with zero attached hydrogens (tertiary/aromatic N) is 3. The summed E-state index contributed by atoms with van der Waals surface area (Å²) in [6.07, 6.45) is 1.62. The standard InChI is InChI=1S/C15H13ClN4S/c1-2-17-13-8-11(10-6-4-3-5-7-10)19-14(20-13)15-18-9-12(16)21-15/h3-9H,2H2,1H3,(H,17,19,20). The SMILES string of the molecule is CCNc1cc(-c2ccccc2)nc(-c2ncc(Cl)s2)n1. The lowest BCUT2D eigenvalue weighted by atomic mass is 10.1. The second-order valence-electron chi connectivity index (χ2n) is 4.33. The van der Waals surface area contributed by atoms with Gasteiger partial charge < -0.3 is 5.32 Å². The van der Waals surface area contributed by atoms with Gasteiger partial charge in [0.1, 0.15) is 10.2 Å². The van der Waals surface area contributed by atoms with Crippen LogP contribution >= 0.6 is 22.9 Å². The van der Waals surface area contributed by atoms with Crippen molar-refractivity contribution in [3.8, 4) is 22.1 Å². The predicted molar refractivity (Wildman–Crippen MR) is 87.7 cm³/mol. The van der Waals surface area contributed by atoms with Crippen molar-refractivity contribution >= 4 is 28.8 Å². The van der Waals surface area contributed by atoms with Crippen LogP contribution < -0.4 is 5.32 Å². The van der Waals surface area contributed by atoms with Gasteiger partial charge in [0.05, 0.1) is 11.9 Å². The molecule has 0 bridgehead atoms. The lowest BCUT2D eigenvalue weighted by Gasteiger charge is -2.07. The average Bonchev–Trinajstić information content (AvgIpc) is 2.95. The lowest BCUT2D eigenvalue weighted by Crippen LogP contribution is -2.02. The Morgan fingerprint density at radius 3 is 2.67 bits per heavy atom. The molecule has 0 radical (unpaired) electrons. The van der Waals surface area contributed by atoms with Crippen LogP contribution in [0.3, 0.4) is 0 Å². The van der Waals surface area contributed by atoms with Gasteiger partial charge in [-0.1, -0.05) is 53.3 Å². The van der Waals surface area contributed by atoms with Crippen LogP contribution in [-0.2, 0) is 0 Å². The Bertz CT molecular complexity index is 742. The second-order valence-corrected chi connectivity index (χ2v) is 5.99. The van der Waals surface area contributed by atoms with Gasteiger partial charge >= 0.3 is 0 Å². The molecule has 4 nitrogen and oxygen atoms in total. The maximum Gasteiger partial charge on any atom is 0.191 e. The maximum atomic E-state index is 5.95. The highest BCUT2D eigenvalue weighted by atomic mass is 35.5. The topological polar surface area (TPSA) is 50.7 Å². The van der Waals surface area contributed by atoms with Gasteiger partial charge in [0.2, 0.25) is 0 Å². The Morgan fingerprint density at radius 2 is 2.00 bits per heavy atom. The van der Waals surface area contributed by atoms with Crippen molar-refractivity contribution in [2.45, 2.75) is 6.92 Å². The number of thiazole rings is 1. The molecule has 106 valence electrons. The fraction of sp³-hybridized carbons (Fsp3) is 0.133. The normalized spacial score (nSPS) is 10.6. The fourth-order valence-corrected chi connectivity index (χ4v) is 2.78. The van der Waals surface area contributed by atoms with Crippen LogP contribution in [0, 0.1) is 0 Å². The Hall–Kier alpha value is -1.98. The van der Waals surface area contributed by atoms with Gasteiger partial charge in [-0.25, -0.2) is 15.0 Å². The number of rotatable bonds is 4. The molecular formula is C15H13ClN4S. The van der Waals surface area contributed by atoms with E-state index in [-0.39, 0.29) is 0 Å². The van der Waals surface area contributed by atoms with Gasteiger partial charge in [0.25, 0.3) is 0 Å². The van der Waals surface area contributed by atoms with Crippen molar-refractivity contribution in [2.75, 3.05) is 11.9 Å². The zero-order valence-corrected chi connectivity index (χ0v) is 12.9. The van der Waals surface area contributed by atoms with E-state index in [1.165, 1.54) is 11.3 Å². The first kappa shape index (κ1) is 14.0. The third kappa shape index (κ3) is 3.20. The third-order valence-electron chi connectivity index (χ3n) is 2.82. The molecule has 0 unspecified atom stereocenters. The summed E-state index contributed by atoms with van der Waals surface area (Å²) in [6.45, 7) is 2.83. The van der Waals surface area contributed by atoms with Gasteiger partial charge in [-0.15, -0.1) is 0 Å². The molecule has 0 amide bonds. The highest BCUT2D eigenvalue weighted by molar-refractivity contribution is 7.18. The largest absolute Gasteiger partial charge is 0.370 e. The summed E-state index contributed by atoms with van der Waals surface area (Å²) in [7, 11) is 0. The van der Waals surface area contributed by atoms with E-state index in [0.29, 0.717) is 10.2 Å². The van der Waals surface area contributed by atoms with Crippen molar-refractivity contribution in [3.05, 3.63) is 46.9 Å². The molecule has 2 heterocycles. The summed E-state index contributed by atoms with van der Waals surface area (Å²) in [5.41, 5.74) is 1.91. The number of anilines is 1. The lowest BCUT2D eigenvalue weighted by molar-refractivity contribution is 1.11. The molecule has 3 aromatic rings. The van der Waals surface area contributed by atoms with Gasteiger partial charge in [-0.05, 0) is 6.92 Å². The van der Waals surface area contributed by atoms with E-state index in [2.05, 4.69) is 20.3 Å². The first-order chi connectivity index (χ1) is 10.3. The molecule has 0 spiro atoms. The summed E-state index contributed by atoms with van der Waals surface area (Å²) >= 11 is 7.33. The van der Waals surface area contributed by atoms with Crippen LogP contribution in [0.1, 0.15) is 6.92 Å². The Balaban J connectivity index is 2.10. The summed E-state index contributed by atoms with van der Waals surface area (Å²) in [5.74, 6) is 1.37. The van der Waals surface area contributed by atoms with E-state index in [1.807, 2.05) is 43.3 Å². The number of aromatic nitrogens is 3. The van der Waals surface area contributed by atoms with Crippen LogP contribution in [0.15, 0.2) is 42.6 Å². The van der Waals surface area contributed by atoms with E-state index in [0.717, 1.165) is 28.6 Å². The highest BCUT2D eigenvalue weighted by Gasteiger charge is 2.11. The molecular weight excluding hydrogens is 304 g/mol. The number of benzene rings is 1. The van der Waals surface area contributed by atoms with Crippen molar-refractivity contribution in [2.24, 2.45) is 0 Å². The molecule has 1 aromatic carbocycles. The number of nitrogens with one attached hydrogen (secondary N) is 1. The number of halogens is 1. The highest BCUT2D eigenvalue weighted by Crippen LogP contribution is 2.28. The molecule has 6 heteroatoms. The summed E-state index contributed by atoms with van der Waals surface area (Å²) in [4.78, 5) is 13.4. The van der Waals surface area contributed by atoms with Crippen LogP contribution in [0.2, 0.25) is 4.34 Å². The van der Waals surface area contributed by atoms with Crippen molar-refractivity contribution in [1.82, 2.24) is 15.0 Å². The minimum Gasteiger partial charge on any atom is -0.370 e. The molecule has 1 N–H and O–H groups in total. The monoisotopic (exact) mass is 316 g/mol. The van der Waals surface area contributed by atoms with E-state index in [4.69, 9.17) is 11.6 Å². The molecule has 0 aliphatic heterocycles. The molecule has 0 atom stereocenters. The molecule has 2 aromatic heterocycles. The zero-order valence-electron chi connectivity index (χ0n) is 11.4. The van der Waals surface area contributed by atoms with Gasteiger partial charge in [-0.3, -0.25) is 0 Å². The first-order valence-electron chi connectivity index (χ1n) is 6.56. The van der Waals surface area contributed by atoms with Crippen molar-refractivity contribution in [3.63, 3.8) is 0 Å². The fourth-order valence-electron chi connectivity index (χ4n) is 1.93. The third-order valence-corrected chi connectivity index (χ3v) is 3.93. The minimum absolute atomic E-state index is 0.587. The van der Waals surface area contributed by atoms with E-state index < -0.39 is 0 Å². The van der Waals surface area contributed by atoms with Crippen molar-refractivity contribution < 1.29 is 0 Å². The number of hydrogen-bond acceptors (Lipinski definition) is 5. The molecule has 3 rings (SSSR count). The van der Waals surface area contributed by atoms with Crippen LogP contribution in [-0.4, -0.2) is 21.5 Å². The van der Waals surface area contributed by atoms with E-state index >= 15 is 0 Å². The molecule has 21 heavy (non-hydrogen) atoms. The molecule has 0 saturated heterocycles. The molecule has 0 saturated carbocycles. The summed E-state index contributed by atoms with van der Waals surface area (Å²) < 4.78 is 0.628. The molecule has 0 aliphatic carbocycles. The smallest absolute Gasteiger partial charge is 0.191 e. The number of hydrogen-bond donors (Lipinski definition) is 1. The maximum absolute atomic E-state index is 5.95. The van der Waals surface area contributed by atoms with Crippen molar-refractivity contribution in [1.29, 1.82) is 0 Å².